The Hall–Kier alpha value is -4.72. The first kappa shape index (κ1) is 34.6. The van der Waals surface area contributed by atoms with Crippen LogP contribution in [0.25, 0.3) is 0 Å². The molecule has 0 radical (unpaired) electrons. The van der Waals surface area contributed by atoms with Gasteiger partial charge in [-0.3, -0.25) is 0 Å². The van der Waals surface area contributed by atoms with Gasteiger partial charge < -0.3 is 40.9 Å². The molecule has 8 bridgehead atoms. The van der Waals surface area contributed by atoms with Gasteiger partial charge in [0.05, 0.1) is 0 Å². The summed E-state index contributed by atoms with van der Waals surface area (Å²) < 4.78 is 0. The molecule has 0 unspecified atom stereocenters. The molecule has 0 aromatic heterocycles. The van der Waals surface area contributed by atoms with Gasteiger partial charge in [0.2, 0.25) is 0 Å². The molecule has 0 spiro atoms. The molecular weight excluding hydrogens is 608 g/mol. The van der Waals surface area contributed by atoms with E-state index in [1.54, 1.807) is 52.0 Å². The van der Waals surface area contributed by atoms with E-state index in [1.807, 2.05) is 27.7 Å². The maximum atomic E-state index is 11.5. The van der Waals surface area contributed by atoms with E-state index in [9.17, 15) is 40.9 Å². The maximum absolute atomic E-state index is 11.5. The monoisotopic (exact) mass is 656 g/mol. The summed E-state index contributed by atoms with van der Waals surface area (Å²) in [5, 5.41) is 92.2. The summed E-state index contributed by atoms with van der Waals surface area (Å²) in [6.45, 7) is 14.2. The molecule has 8 N–H and O–H groups in total. The number of hydrogen-bond acceptors (Lipinski definition) is 8. The average molecular weight is 657 g/mol. The van der Waals surface area contributed by atoms with Crippen LogP contribution in [-0.2, 0) is 0 Å². The third-order valence-corrected chi connectivity index (χ3v) is 10.9. The zero-order chi connectivity index (χ0) is 35.5. The lowest BCUT2D eigenvalue weighted by Crippen LogP contribution is -2.12. The van der Waals surface area contributed by atoms with E-state index < -0.39 is 23.7 Å². The summed E-state index contributed by atoms with van der Waals surface area (Å²) in [6.07, 6.45) is 1.78. The number of phenols is 8. The van der Waals surface area contributed by atoms with Gasteiger partial charge in [0.15, 0.2) is 0 Å². The highest BCUT2D eigenvalue weighted by atomic mass is 16.3. The van der Waals surface area contributed by atoms with Crippen LogP contribution >= 0.6 is 0 Å². The summed E-state index contributed by atoms with van der Waals surface area (Å²) in [7, 11) is 0. The fraction of sp³-hybridized carbons (Fsp3) is 0.400. The highest BCUT2D eigenvalue weighted by Gasteiger charge is 2.34. The van der Waals surface area contributed by atoms with Crippen LogP contribution in [-0.4, -0.2) is 40.9 Å². The lowest BCUT2D eigenvalue weighted by Gasteiger charge is -2.30. The molecule has 0 aliphatic heterocycles. The molecule has 0 fully saturated rings. The summed E-state index contributed by atoms with van der Waals surface area (Å²) >= 11 is 0. The molecule has 4 aromatic carbocycles. The zero-order valence-corrected chi connectivity index (χ0v) is 29.0. The van der Waals surface area contributed by atoms with Crippen molar-refractivity contribution in [2.75, 3.05) is 0 Å². The molecule has 0 saturated carbocycles. The van der Waals surface area contributed by atoms with Crippen LogP contribution < -0.4 is 0 Å². The van der Waals surface area contributed by atoms with Gasteiger partial charge in [-0.05, 0) is 77.6 Å². The van der Waals surface area contributed by atoms with Crippen LogP contribution in [0.5, 0.6) is 46.0 Å². The molecule has 5 rings (SSSR count). The van der Waals surface area contributed by atoms with Crippen molar-refractivity contribution in [3.05, 3.63) is 91.0 Å². The van der Waals surface area contributed by atoms with Crippen molar-refractivity contribution in [1.29, 1.82) is 0 Å². The van der Waals surface area contributed by atoms with Gasteiger partial charge in [0.1, 0.15) is 46.0 Å². The minimum absolute atomic E-state index is 0.118. The van der Waals surface area contributed by atoms with Gasteiger partial charge in [-0.15, -0.1) is 0 Å². The zero-order valence-electron chi connectivity index (χ0n) is 29.0. The molecule has 48 heavy (non-hydrogen) atoms. The highest BCUT2D eigenvalue weighted by molar-refractivity contribution is 5.67. The lowest BCUT2D eigenvalue weighted by molar-refractivity contribution is 0.416. The van der Waals surface area contributed by atoms with Gasteiger partial charge in [-0.25, -0.2) is 0 Å². The number of benzene rings is 4. The van der Waals surface area contributed by atoms with E-state index in [1.165, 1.54) is 0 Å². The van der Waals surface area contributed by atoms with Crippen molar-refractivity contribution in [3.63, 3.8) is 0 Å². The molecule has 1 aliphatic rings. The Morgan fingerprint density at radius 1 is 0.312 bits per heavy atom. The second-order valence-electron chi connectivity index (χ2n) is 13.4. The minimum atomic E-state index is -0.565. The molecule has 1 aliphatic carbocycles. The number of aromatic hydroxyl groups is 8. The van der Waals surface area contributed by atoms with Crippen LogP contribution in [0.2, 0.25) is 0 Å². The predicted molar refractivity (Wildman–Crippen MR) is 187 cm³/mol. The van der Waals surface area contributed by atoms with Gasteiger partial charge in [-0.2, -0.15) is 0 Å². The van der Waals surface area contributed by atoms with E-state index >= 15 is 0 Å². The van der Waals surface area contributed by atoms with Crippen molar-refractivity contribution in [1.82, 2.24) is 0 Å². The standard InChI is InChI=1S/C40H48O8/c1-9-21-25-13-27(35(43)17(5)33(25)41)22(10-2)29-15-31(39(47)19(7)37(29)45)24(12-4)32-16-30(38(46)20(8)40(32)48)23(11-3)28-14-26(21)34(42)18(6)36(28)44/h13-16,21-24,41-48H,9-12H2,1-8H3. The number of fused-ring (bicyclic) bond motifs is 8. The van der Waals surface area contributed by atoms with Crippen LogP contribution in [0.1, 0.15) is 144 Å². The summed E-state index contributed by atoms with van der Waals surface area (Å²) in [5.74, 6) is -3.21. The molecule has 8 nitrogen and oxygen atoms in total. The molecule has 0 amide bonds. The number of rotatable bonds is 4. The Morgan fingerprint density at radius 3 is 0.542 bits per heavy atom. The Labute approximate surface area is 282 Å². The molecule has 0 heterocycles. The van der Waals surface area contributed by atoms with Crippen LogP contribution in [0.3, 0.4) is 0 Å². The second-order valence-corrected chi connectivity index (χ2v) is 13.4. The van der Waals surface area contributed by atoms with Crippen LogP contribution in [0.4, 0.5) is 0 Å². The van der Waals surface area contributed by atoms with Crippen molar-refractivity contribution in [2.45, 2.75) is 105 Å². The number of phenolic OH excluding ortho intramolecular Hbond substituents is 8. The van der Waals surface area contributed by atoms with E-state index in [4.69, 9.17) is 0 Å². The van der Waals surface area contributed by atoms with Gasteiger partial charge >= 0.3 is 0 Å². The first-order chi connectivity index (χ1) is 22.7. The summed E-state index contributed by atoms with van der Waals surface area (Å²) in [6, 6.07) is 6.92. The topological polar surface area (TPSA) is 162 Å². The van der Waals surface area contributed by atoms with Gasteiger partial charge in [0, 0.05) is 90.4 Å². The average Bonchev–Trinajstić information content (AvgIpc) is 3.07. The third-order valence-electron chi connectivity index (χ3n) is 10.9. The smallest absolute Gasteiger partial charge is 0.126 e. The Morgan fingerprint density at radius 2 is 0.438 bits per heavy atom. The van der Waals surface area contributed by atoms with Gasteiger partial charge in [-0.1, -0.05) is 27.7 Å². The van der Waals surface area contributed by atoms with Crippen LogP contribution in [0.15, 0.2) is 24.3 Å². The molecule has 4 aromatic rings. The molecule has 256 valence electrons. The van der Waals surface area contributed by atoms with Crippen molar-refractivity contribution in [3.8, 4) is 46.0 Å². The van der Waals surface area contributed by atoms with E-state index in [-0.39, 0.29) is 68.2 Å². The predicted octanol–water partition coefficient (Wildman–Crippen LogP) is 9.05. The first-order valence-electron chi connectivity index (χ1n) is 16.9. The minimum Gasteiger partial charge on any atom is -0.507 e. The SMILES string of the molecule is CCC1c2cc(c(O)c(C)c2O)C(CC)c2cc(c(O)c(C)c2O)C(CC)c2cc(c(O)c(C)c2O)C(CC)c2cc1c(O)c(C)c2O. The third kappa shape index (κ3) is 5.04. The van der Waals surface area contributed by atoms with E-state index in [0.717, 1.165) is 0 Å². The number of hydrogen-bond donors (Lipinski definition) is 8. The first-order valence-corrected chi connectivity index (χ1v) is 16.9. The second kappa shape index (κ2) is 12.7. The van der Waals surface area contributed by atoms with E-state index in [2.05, 4.69) is 0 Å². The Bertz CT molecular complexity index is 1530. The van der Waals surface area contributed by atoms with Gasteiger partial charge in [0.25, 0.3) is 0 Å². The van der Waals surface area contributed by atoms with Crippen molar-refractivity contribution in [2.24, 2.45) is 0 Å². The normalized spacial score (nSPS) is 19.0. The highest BCUT2D eigenvalue weighted by Crippen LogP contribution is 2.54. The maximum Gasteiger partial charge on any atom is 0.126 e. The lowest BCUT2D eigenvalue weighted by atomic mass is 9.76. The molecule has 8 heteroatoms. The Kier molecular flexibility index (Phi) is 9.17. The largest absolute Gasteiger partial charge is 0.507 e. The fourth-order valence-electron chi connectivity index (χ4n) is 7.95. The van der Waals surface area contributed by atoms with E-state index in [0.29, 0.717) is 70.2 Å². The molecule has 0 atom stereocenters. The quantitative estimate of drug-likeness (QED) is 0.108. The molecular formula is C40H48O8. The fourth-order valence-corrected chi connectivity index (χ4v) is 7.95. The summed E-state index contributed by atoms with van der Waals surface area (Å²) in [5.41, 5.74) is 4.79. The van der Waals surface area contributed by atoms with Crippen molar-refractivity contribution >= 4 is 0 Å². The van der Waals surface area contributed by atoms with Crippen LogP contribution in [0, 0.1) is 27.7 Å². The Balaban J connectivity index is 2.04. The molecule has 0 saturated heterocycles. The van der Waals surface area contributed by atoms with Crippen molar-refractivity contribution < 1.29 is 40.9 Å². The summed E-state index contributed by atoms with van der Waals surface area (Å²) in [4.78, 5) is 0.